The number of hydrogen-bond donors (Lipinski definition) is 3. The predicted octanol–water partition coefficient (Wildman–Crippen LogP) is 5.62. The Morgan fingerprint density at radius 2 is 1.79 bits per heavy atom. The lowest BCUT2D eigenvalue weighted by Gasteiger charge is -2.38. The van der Waals surface area contributed by atoms with E-state index < -0.39 is 16.1 Å². The van der Waals surface area contributed by atoms with Gasteiger partial charge in [-0.2, -0.15) is 0 Å². The number of para-hydroxylation sites is 2. The van der Waals surface area contributed by atoms with Crippen molar-refractivity contribution in [3.05, 3.63) is 99.2 Å². The zero-order chi connectivity index (χ0) is 30.2. The van der Waals surface area contributed by atoms with E-state index in [2.05, 4.69) is 24.5 Å². The summed E-state index contributed by atoms with van der Waals surface area (Å²) in [5.74, 6) is -0.236. The van der Waals surface area contributed by atoms with Gasteiger partial charge in [0.15, 0.2) is 5.78 Å². The number of hydrogen-bond acceptors (Lipinski definition) is 6. The fourth-order valence-electron chi connectivity index (χ4n) is 5.68. The molecule has 0 bridgehead atoms. The lowest BCUT2D eigenvalue weighted by Crippen LogP contribution is -2.42. The van der Waals surface area contributed by atoms with Crippen LogP contribution >= 0.6 is 23.2 Å². The zero-order valence-electron chi connectivity index (χ0n) is 23.3. The first-order chi connectivity index (χ1) is 19.8. The highest BCUT2D eigenvalue weighted by atomic mass is 35.5. The van der Waals surface area contributed by atoms with Gasteiger partial charge in [-0.05, 0) is 65.8 Å². The molecule has 0 spiro atoms. The normalized spacial score (nSPS) is 18.1. The molecule has 1 aliphatic heterocycles. The van der Waals surface area contributed by atoms with E-state index in [1.54, 1.807) is 24.3 Å². The van der Waals surface area contributed by atoms with Gasteiger partial charge in [-0.1, -0.05) is 67.4 Å². The fourth-order valence-corrected chi connectivity index (χ4v) is 6.70. The molecule has 42 heavy (non-hydrogen) atoms. The molecule has 0 saturated heterocycles. The summed E-state index contributed by atoms with van der Waals surface area (Å²) in [6.07, 6.45) is 1.52. The van der Waals surface area contributed by atoms with Gasteiger partial charge in [0.25, 0.3) is 0 Å². The summed E-state index contributed by atoms with van der Waals surface area (Å²) in [4.78, 5) is 29.2. The van der Waals surface area contributed by atoms with Crippen LogP contribution in [0.4, 0.5) is 11.4 Å². The summed E-state index contributed by atoms with van der Waals surface area (Å²) in [6.45, 7) is 4.44. The number of Topliss-reactive ketones (excluding diaryl/α,β-unsaturated/α-hetero) is 1. The SMILES string of the molecule is CC1(C)CC(=O)C2=C(C1)Nc1ccccc1N(CC(=O)NCCc1ccc(S(N)(=O)=O)cc1)C2c1ccc(Cl)cc1Cl. The standard InChI is InChI=1S/C31H32Cl2N4O4S/c1-31(2)16-25-29(27(38)17-31)30(22-12-9-20(32)15-23(22)33)37(26-6-4-3-5-24(26)36-25)18-28(39)35-14-13-19-7-10-21(11-8-19)42(34,40)41/h3-12,15,30,36H,13-14,16-18H2,1-2H3,(H,35,39)(H2,34,40,41). The molecule has 0 aromatic heterocycles. The number of fused-ring (bicyclic) bond motifs is 1. The van der Waals surface area contributed by atoms with Crippen molar-refractivity contribution in [3.63, 3.8) is 0 Å². The molecule has 1 aliphatic carbocycles. The van der Waals surface area contributed by atoms with Crippen LogP contribution in [-0.4, -0.2) is 33.2 Å². The Bertz CT molecular complexity index is 1690. The third kappa shape index (κ3) is 6.49. The maximum Gasteiger partial charge on any atom is 0.239 e. The molecule has 1 unspecified atom stereocenters. The number of carbonyl (C=O) groups is 2. The van der Waals surface area contributed by atoms with E-state index in [-0.39, 0.29) is 28.5 Å². The van der Waals surface area contributed by atoms with Crippen molar-refractivity contribution >= 4 is 56.3 Å². The van der Waals surface area contributed by atoms with E-state index in [1.807, 2.05) is 35.2 Å². The van der Waals surface area contributed by atoms with Crippen molar-refractivity contribution in [2.75, 3.05) is 23.3 Å². The second-order valence-corrected chi connectivity index (χ2v) is 13.9. The van der Waals surface area contributed by atoms with Crippen LogP contribution in [0, 0.1) is 5.41 Å². The fraction of sp³-hybridized carbons (Fsp3) is 0.290. The Hall–Kier alpha value is -3.37. The summed E-state index contributed by atoms with van der Waals surface area (Å²) >= 11 is 13.0. The number of rotatable bonds is 7. The molecule has 11 heteroatoms. The van der Waals surface area contributed by atoms with Crippen molar-refractivity contribution < 1.29 is 18.0 Å². The summed E-state index contributed by atoms with van der Waals surface area (Å²) < 4.78 is 23.1. The topological polar surface area (TPSA) is 122 Å². The average Bonchev–Trinajstić information content (AvgIpc) is 3.02. The number of benzene rings is 3. The second-order valence-electron chi connectivity index (χ2n) is 11.5. The van der Waals surface area contributed by atoms with Crippen LogP contribution in [0.3, 0.4) is 0 Å². The number of nitrogens with one attached hydrogen (secondary N) is 2. The Morgan fingerprint density at radius 1 is 1.07 bits per heavy atom. The number of nitrogens with two attached hydrogens (primary N) is 1. The number of nitrogens with zero attached hydrogens (tertiary/aromatic N) is 1. The van der Waals surface area contributed by atoms with Crippen molar-refractivity contribution in [3.8, 4) is 0 Å². The Morgan fingerprint density at radius 3 is 2.48 bits per heavy atom. The van der Waals surface area contributed by atoms with Gasteiger partial charge < -0.3 is 15.5 Å². The largest absolute Gasteiger partial charge is 0.357 e. The molecule has 2 aliphatic rings. The molecule has 5 rings (SSSR count). The van der Waals surface area contributed by atoms with Gasteiger partial charge in [-0.3, -0.25) is 9.59 Å². The van der Waals surface area contributed by atoms with Crippen LogP contribution in [-0.2, 0) is 26.0 Å². The molecule has 3 aromatic carbocycles. The monoisotopic (exact) mass is 626 g/mol. The molecule has 8 nitrogen and oxygen atoms in total. The highest BCUT2D eigenvalue weighted by Crippen LogP contribution is 2.49. The molecule has 1 atom stereocenters. The zero-order valence-corrected chi connectivity index (χ0v) is 25.6. The van der Waals surface area contributed by atoms with E-state index in [4.69, 9.17) is 28.3 Å². The molecule has 0 radical (unpaired) electrons. The maximum atomic E-state index is 13.8. The van der Waals surface area contributed by atoms with Crippen LogP contribution in [0.1, 0.15) is 43.9 Å². The number of anilines is 2. The lowest BCUT2D eigenvalue weighted by molar-refractivity contribution is -0.120. The van der Waals surface area contributed by atoms with Crippen LogP contribution < -0.4 is 20.7 Å². The number of ketones is 1. The number of carbonyl (C=O) groups excluding carboxylic acids is 2. The Labute approximate surface area is 255 Å². The van der Waals surface area contributed by atoms with Crippen molar-refractivity contribution in [1.29, 1.82) is 0 Å². The van der Waals surface area contributed by atoms with Gasteiger partial charge in [-0.15, -0.1) is 0 Å². The van der Waals surface area contributed by atoms with Crippen LogP contribution in [0.25, 0.3) is 0 Å². The summed E-state index contributed by atoms with van der Waals surface area (Å²) in [7, 11) is -3.77. The van der Waals surface area contributed by atoms with Gasteiger partial charge in [-0.25, -0.2) is 13.6 Å². The van der Waals surface area contributed by atoms with Gasteiger partial charge in [0, 0.05) is 34.3 Å². The van der Waals surface area contributed by atoms with Gasteiger partial charge in [0.05, 0.1) is 28.9 Å². The molecule has 4 N–H and O–H groups in total. The minimum absolute atomic E-state index is 0.00548. The first-order valence-electron chi connectivity index (χ1n) is 13.5. The molecule has 0 fully saturated rings. The second kappa shape index (κ2) is 11.7. The average molecular weight is 628 g/mol. The van der Waals surface area contributed by atoms with Gasteiger partial charge in [0.2, 0.25) is 15.9 Å². The quantitative estimate of drug-likeness (QED) is 0.313. The summed E-state index contributed by atoms with van der Waals surface area (Å²) in [6, 6.07) is 18.5. The van der Waals surface area contributed by atoms with E-state index >= 15 is 0 Å². The summed E-state index contributed by atoms with van der Waals surface area (Å²) in [5.41, 5.74) is 4.28. The number of halogens is 2. The minimum Gasteiger partial charge on any atom is -0.357 e. The number of sulfonamides is 1. The molecular weight excluding hydrogens is 595 g/mol. The smallest absolute Gasteiger partial charge is 0.239 e. The number of allylic oxidation sites excluding steroid dienone is 1. The van der Waals surface area contributed by atoms with Crippen molar-refractivity contribution in [2.45, 2.75) is 44.0 Å². The van der Waals surface area contributed by atoms with E-state index in [0.717, 1.165) is 22.6 Å². The van der Waals surface area contributed by atoms with Gasteiger partial charge in [0.1, 0.15) is 0 Å². The molecule has 220 valence electrons. The molecule has 0 saturated carbocycles. The van der Waals surface area contributed by atoms with Crippen LogP contribution in [0.2, 0.25) is 10.0 Å². The molecule has 1 amide bonds. The number of primary sulfonamides is 1. The van der Waals surface area contributed by atoms with Crippen molar-refractivity contribution in [2.24, 2.45) is 10.6 Å². The first kappa shape index (κ1) is 30.1. The number of amides is 1. The minimum atomic E-state index is -3.77. The van der Waals surface area contributed by atoms with Crippen molar-refractivity contribution in [1.82, 2.24) is 5.32 Å². The van der Waals surface area contributed by atoms with Gasteiger partial charge >= 0.3 is 0 Å². The predicted molar refractivity (Wildman–Crippen MR) is 166 cm³/mol. The third-order valence-electron chi connectivity index (χ3n) is 7.56. The maximum absolute atomic E-state index is 13.8. The van der Waals surface area contributed by atoms with Crippen LogP contribution in [0.15, 0.2) is 82.9 Å². The van der Waals surface area contributed by atoms with E-state index in [1.165, 1.54) is 12.1 Å². The Kier molecular flexibility index (Phi) is 8.40. The highest BCUT2D eigenvalue weighted by molar-refractivity contribution is 7.89. The lowest BCUT2D eigenvalue weighted by atomic mass is 9.73. The molecular formula is C31H32Cl2N4O4S. The molecule has 1 heterocycles. The Balaban J connectivity index is 1.47. The van der Waals surface area contributed by atoms with E-state index in [0.29, 0.717) is 47.0 Å². The van der Waals surface area contributed by atoms with E-state index in [9.17, 15) is 18.0 Å². The first-order valence-corrected chi connectivity index (χ1v) is 15.8. The third-order valence-corrected chi connectivity index (χ3v) is 9.05. The molecule has 3 aromatic rings. The summed E-state index contributed by atoms with van der Waals surface area (Å²) in [5, 5.41) is 12.6. The highest BCUT2D eigenvalue weighted by Gasteiger charge is 2.42. The van der Waals surface area contributed by atoms with Crippen LogP contribution in [0.5, 0.6) is 0 Å².